The molecule has 0 aromatic rings. The van der Waals surface area contributed by atoms with Gasteiger partial charge in [-0.1, -0.05) is 12.8 Å². The third kappa shape index (κ3) is 3.69. The molecular weight excluding hydrogens is 258 g/mol. The highest BCUT2D eigenvalue weighted by molar-refractivity contribution is 7.92. The monoisotopic (exact) mass is 277 g/mol. The summed E-state index contributed by atoms with van der Waals surface area (Å²) in [5.74, 6) is -1.59. The zero-order valence-corrected chi connectivity index (χ0v) is 11.4. The fourth-order valence-electron chi connectivity index (χ4n) is 2.24. The highest BCUT2D eigenvalue weighted by Crippen LogP contribution is 2.32. The van der Waals surface area contributed by atoms with Crippen molar-refractivity contribution in [2.75, 3.05) is 6.26 Å². The minimum absolute atomic E-state index is 0.158. The van der Waals surface area contributed by atoms with Gasteiger partial charge in [-0.2, -0.15) is 0 Å². The maximum atomic E-state index is 11.8. The molecule has 7 heteroatoms. The number of hydrogen-bond donors (Lipinski definition) is 2. The highest BCUT2D eigenvalue weighted by Gasteiger charge is 2.39. The highest BCUT2D eigenvalue weighted by atomic mass is 32.2. The number of hydrogen-bond acceptors (Lipinski definition) is 4. The van der Waals surface area contributed by atoms with Crippen LogP contribution < -0.4 is 5.32 Å². The molecule has 1 atom stereocenters. The molecule has 1 fully saturated rings. The number of aliphatic carboxylic acids is 1. The van der Waals surface area contributed by atoms with Crippen LogP contribution >= 0.6 is 0 Å². The van der Waals surface area contributed by atoms with Crippen LogP contribution in [0.2, 0.25) is 0 Å². The first kappa shape index (κ1) is 14.9. The van der Waals surface area contributed by atoms with Crippen molar-refractivity contribution in [1.82, 2.24) is 5.32 Å². The first-order chi connectivity index (χ1) is 8.16. The Labute approximate surface area is 107 Å². The summed E-state index contributed by atoms with van der Waals surface area (Å²) in [6.07, 6.45) is 3.70. The summed E-state index contributed by atoms with van der Waals surface area (Å²) >= 11 is 0. The summed E-state index contributed by atoms with van der Waals surface area (Å²) in [6.45, 7) is 1.31. The van der Waals surface area contributed by atoms with Gasteiger partial charge in [0.1, 0.15) is 5.25 Å². The van der Waals surface area contributed by atoms with Crippen LogP contribution in [0, 0.1) is 0 Å². The largest absolute Gasteiger partial charge is 0.481 e. The van der Waals surface area contributed by atoms with Gasteiger partial charge in [-0.05, 0) is 19.8 Å². The van der Waals surface area contributed by atoms with Gasteiger partial charge < -0.3 is 10.4 Å². The molecule has 0 bridgehead atoms. The fraction of sp³-hybridized carbons (Fsp3) is 0.818. The molecule has 18 heavy (non-hydrogen) atoms. The zero-order chi connectivity index (χ0) is 14.0. The van der Waals surface area contributed by atoms with Gasteiger partial charge >= 0.3 is 5.97 Å². The molecule has 0 spiro atoms. The van der Waals surface area contributed by atoms with Crippen LogP contribution in [0.1, 0.15) is 39.0 Å². The van der Waals surface area contributed by atoms with Crippen LogP contribution in [-0.4, -0.2) is 42.4 Å². The molecule has 0 aliphatic heterocycles. The quantitative estimate of drug-likeness (QED) is 0.754. The molecule has 0 heterocycles. The number of carboxylic acid groups (broad SMARTS) is 1. The summed E-state index contributed by atoms with van der Waals surface area (Å²) in [5, 5.41) is 10.4. The van der Waals surface area contributed by atoms with Gasteiger partial charge in [0.25, 0.3) is 0 Å². The average molecular weight is 277 g/mol. The smallest absolute Gasteiger partial charge is 0.305 e. The molecule has 1 amide bonds. The first-order valence-corrected chi connectivity index (χ1v) is 7.84. The Balaban J connectivity index is 2.79. The molecule has 2 N–H and O–H groups in total. The van der Waals surface area contributed by atoms with Crippen LogP contribution in [0.4, 0.5) is 0 Å². The van der Waals surface area contributed by atoms with Crippen molar-refractivity contribution in [3.8, 4) is 0 Å². The number of rotatable bonds is 5. The summed E-state index contributed by atoms with van der Waals surface area (Å²) in [6, 6.07) is 0. The van der Waals surface area contributed by atoms with Crippen LogP contribution in [0.15, 0.2) is 0 Å². The van der Waals surface area contributed by atoms with Crippen molar-refractivity contribution >= 4 is 21.7 Å². The van der Waals surface area contributed by atoms with E-state index in [-0.39, 0.29) is 6.42 Å². The second-order valence-electron chi connectivity index (χ2n) is 5.02. The molecule has 1 unspecified atom stereocenters. The number of sulfone groups is 1. The Morgan fingerprint density at radius 1 is 1.33 bits per heavy atom. The standard InChI is InChI=1S/C11H19NO5S/c1-8(18(2,16)17)10(15)12-11(7-9(13)14)5-3-4-6-11/h8H,3-7H2,1-2H3,(H,12,15)(H,13,14). The van der Waals surface area contributed by atoms with Crippen LogP contribution in [0.3, 0.4) is 0 Å². The summed E-state index contributed by atoms with van der Waals surface area (Å²) in [7, 11) is -3.46. The maximum absolute atomic E-state index is 11.8. The predicted octanol–water partition coefficient (Wildman–Crippen LogP) is 0.323. The van der Waals surface area contributed by atoms with Gasteiger partial charge in [-0.25, -0.2) is 8.42 Å². The first-order valence-electron chi connectivity index (χ1n) is 5.89. The Hall–Kier alpha value is -1.11. The lowest BCUT2D eigenvalue weighted by Crippen LogP contribution is -2.52. The molecule has 104 valence electrons. The zero-order valence-electron chi connectivity index (χ0n) is 10.6. The van der Waals surface area contributed by atoms with Crippen LogP contribution in [0.5, 0.6) is 0 Å². The van der Waals surface area contributed by atoms with E-state index >= 15 is 0 Å². The van der Waals surface area contributed by atoms with Crippen molar-refractivity contribution in [2.24, 2.45) is 0 Å². The van der Waals surface area contributed by atoms with E-state index < -0.39 is 32.5 Å². The molecule has 0 radical (unpaired) electrons. The Morgan fingerprint density at radius 2 is 1.83 bits per heavy atom. The molecule has 0 saturated heterocycles. The third-order valence-corrected chi connectivity index (χ3v) is 4.95. The van der Waals surface area contributed by atoms with Gasteiger partial charge in [0, 0.05) is 6.26 Å². The van der Waals surface area contributed by atoms with E-state index in [0.717, 1.165) is 19.1 Å². The van der Waals surface area contributed by atoms with Gasteiger partial charge in [-0.3, -0.25) is 9.59 Å². The average Bonchev–Trinajstić information content (AvgIpc) is 2.62. The van der Waals surface area contributed by atoms with E-state index in [0.29, 0.717) is 12.8 Å². The number of nitrogens with one attached hydrogen (secondary N) is 1. The topological polar surface area (TPSA) is 101 Å². The fourth-order valence-corrected chi connectivity index (χ4v) is 2.69. The molecule has 1 saturated carbocycles. The van der Waals surface area contributed by atoms with Crippen molar-refractivity contribution in [2.45, 2.75) is 49.8 Å². The lowest BCUT2D eigenvalue weighted by atomic mass is 9.93. The SMILES string of the molecule is CC(C(=O)NC1(CC(=O)O)CCCC1)S(C)(=O)=O. The Kier molecular flexibility index (Phi) is 4.37. The summed E-state index contributed by atoms with van der Waals surface area (Å²) in [5.41, 5.74) is -0.776. The lowest BCUT2D eigenvalue weighted by Gasteiger charge is -2.29. The number of carbonyl (C=O) groups is 2. The molecule has 0 aromatic carbocycles. The maximum Gasteiger partial charge on any atom is 0.305 e. The van der Waals surface area contributed by atoms with E-state index in [1.807, 2.05) is 0 Å². The minimum atomic E-state index is -3.46. The van der Waals surface area contributed by atoms with Gasteiger partial charge in [0.15, 0.2) is 9.84 Å². The van der Waals surface area contributed by atoms with E-state index in [4.69, 9.17) is 5.11 Å². The number of carbonyl (C=O) groups excluding carboxylic acids is 1. The summed E-state index contributed by atoms with van der Waals surface area (Å²) < 4.78 is 22.6. The van der Waals surface area contributed by atoms with E-state index in [1.54, 1.807) is 0 Å². The Morgan fingerprint density at radius 3 is 2.22 bits per heavy atom. The van der Waals surface area contributed by atoms with E-state index in [9.17, 15) is 18.0 Å². The summed E-state index contributed by atoms with van der Waals surface area (Å²) in [4.78, 5) is 22.7. The van der Waals surface area contributed by atoms with Gasteiger partial charge in [0.2, 0.25) is 5.91 Å². The van der Waals surface area contributed by atoms with Crippen LogP contribution in [0.25, 0.3) is 0 Å². The third-order valence-electron chi connectivity index (χ3n) is 3.45. The van der Waals surface area contributed by atoms with Crippen LogP contribution in [-0.2, 0) is 19.4 Å². The van der Waals surface area contributed by atoms with Crippen molar-refractivity contribution in [1.29, 1.82) is 0 Å². The molecule has 6 nitrogen and oxygen atoms in total. The predicted molar refractivity (Wildman–Crippen MR) is 65.9 cm³/mol. The molecule has 0 aromatic heterocycles. The molecule has 1 aliphatic rings. The van der Waals surface area contributed by atoms with Crippen molar-refractivity contribution in [3.63, 3.8) is 0 Å². The van der Waals surface area contributed by atoms with Gasteiger partial charge in [0.05, 0.1) is 12.0 Å². The molecular formula is C11H19NO5S. The Bertz CT molecular complexity index is 436. The van der Waals surface area contributed by atoms with Gasteiger partial charge in [-0.15, -0.1) is 0 Å². The lowest BCUT2D eigenvalue weighted by molar-refractivity contribution is -0.139. The minimum Gasteiger partial charge on any atom is -0.481 e. The van der Waals surface area contributed by atoms with Crippen molar-refractivity contribution < 1.29 is 23.1 Å². The van der Waals surface area contributed by atoms with E-state index in [1.165, 1.54) is 6.92 Å². The normalized spacial score (nSPS) is 20.3. The molecule has 1 aliphatic carbocycles. The number of carboxylic acids is 1. The number of amides is 1. The van der Waals surface area contributed by atoms with E-state index in [2.05, 4.69) is 5.32 Å². The second-order valence-corrected chi connectivity index (χ2v) is 7.39. The second kappa shape index (κ2) is 5.26. The molecule has 1 rings (SSSR count). The van der Waals surface area contributed by atoms with Crippen molar-refractivity contribution in [3.05, 3.63) is 0 Å².